The van der Waals surface area contributed by atoms with E-state index in [2.05, 4.69) is 10.6 Å². The summed E-state index contributed by atoms with van der Waals surface area (Å²) in [5.41, 5.74) is 0. The summed E-state index contributed by atoms with van der Waals surface area (Å²) in [5, 5.41) is 6.59. The molecule has 0 aromatic carbocycles. The summed E-state index contributed by atoms with van der Waals surface area (Å²) in [7, 11) is 0. The Morgan fingerprint density at radius 3 is 2.50 bits per heavy atom. The fourth-order valence-electron chi connectivity index (χ4n) is 1.11. The Morgan fingerprint density at radius 1 is 1.50 bits per heavy atom. The van der Waals surface area contributed by atoms with E-state index >= 15 is 0 Å². The molecule has 3 aliphatic rings. The average molecular weight is 84.1 g/mol. The molecule has 2 N–H and O–H groups in total. The first-order chi connectivity index (χ1) is 2.95. The number of nitrogens with one attached hydrogen (secondary N) is 2. The predicted molar refractivity (Wildman–Crippen MR) is 23.3 cm³/mol. The Kier molecular flexibility index (Phi) is 0.383. The Hall–Kier alpha value is -0.0800. The minimum absolute atomic E-state index is 0.690. The number of fused-ring (bicyclic) bond motifs is 1. The quantitative estimate of drug-likeness (QED) is 0.404. The van der Waals surface area contributed by atoms with E-state index in [1.165, 1.54) is 13.0 Å². The zero-order chi connectivity index (χ0) is 3.98. The molecular formula is C4H8N2. The van der Waals surface area contributed by atoms with Crippen molar-refractivity contribution < 1.29 is 0 Å². The van der Waals surface area contributed by atoms with Crippen molar-refractivity contribution in [3.8, 4) is 0 Å². The summed E-state index contributed by atoms with van der Waals surface area (Å²) in [6, 6.07) is 0.829. The maximum atomic E-state index is 3.31. The molecule has 3 fully saturated rings. The molecule has 0 spiro atoms. The van der Waals surface area contributed by atoms with Gasteiger partial charge in [-0.05, 0) is 6.42 Å². The van der Waals surface area contributed by atoms with E-state index in [-0.39, 0.29) is 0 Å². The topological polar surface area (TPSA) is 24.1 Å². The Bertz CT molecular complexity index is 52.4. The standard InChI is InChI=1S/C4H8N2/c1-3-2-5-4(1)6-3/h3-6H,1-2H2. The van der Waals surface area contributed by atoms with E-state index in [1.54, 1.807) is 0 Å². The summed E-state index contributed by atoms with van der Waals surface area (Å²) in [6.07, 6.45) is 2.05. The van der Waals surface area contributed by atoms with Crippen LogP contribution in [0.1, 0.15) is 6.42 Å². The van der Waals surface area contributed by atoms with E-state index in [0.29, 0.717) is 6.17 Å². The second kappa shape index (κ2) is 0.768. The number of rotatable bonds is 0. The molecule has 6 heavy (non-hydrogen) atoms. The largest absolute Gasteiger partial charge is 0.300 e. The van der Waals surface area contributed by atoms with Crippen LogP contribution in [0.4, 0.5) is 0 Å². The van der Waals surface area contributed by atoms with Crippen molar-refractivity contribution in [3.63, 3.8) is 0 Å². The second-order valence-corrected chi connectivity index (χ2v) is 2.06. The first kappa shape index (κ1) is 2.99. The molecule has 2 nitrogen and oxygen atoms in total. The highest BCUT2D eigenvalue weighted by Crippen LogP contribution is 2.14. The molecule has 3 heterocycles. The molecule has 0 aromatic heterocycles. The highest BCUT2D eigenvalue weighted by molar-refractivity contribution is 4.95. The van der Waals surface area contributed by atoms with Gasteiger partial charge < -0.3 is 5.32 Å². The fourth-order valence-corrected chi connectivity index (χ4v) is 1.11. The van der Waals surface area contributed by atoms with E-state index < -0.39 is 0 Å². The van der Waals surface area contributed by atoms with E-state index in [9.17, 15) is 0 Å². The van der Waals surface area contributed by atoms with Crippen molar-refractivity contribution in [1.82, 2.24) is 10.6 Å². The lowest BCUT2D eigenvalue weighted by Gasteiger charge is -2.22. The molecule has 0 aromatic rings. The molecule has 2 bridgehead atoms. The molecule has 2 unspecified atom stereocenters. The van der Waals surface area contributed by atoms with Gasteiger partial charge in [0.1, 0.15) is 0 Å². The highest BCUT2D eigenvalue weighted by atomic mass is 15.3. The molecule has 34 valence electrons. The average Bonchev–Trinajstić information content (AvgIpc) is 1.72. The van der Waals surface area contributed by atoms with Gasteiger partial charge in [0.05, 0.1) is 6.17 Å². The Balaban J connectivity index is 2.16. The van der Waals surface area contributed by atoms with Crippen molar-refractivity contribution >= 4 is 0 Å². The van der Waals surface area contributed by atoms with Crippen molar-refractivity contribution in [3.05, 3.63) is 0 Å². The van der Waals surface area contributed by atoms with E-state index in [0.717, 1.165) is 6.04 Å². The van der Waals surface area contributed by atoms with Crippen LogP contribution >= 0.6 is 0 Å². The fraction of sp³-hybridized carbons (Fsp3) is 1.00. The van der Waals surface area contributed by atoms with Gasteiger partial charge in [0.2, 0.25) is 0 Å². The van der Waals surface area contributed by atoms with Gasteiger partial charge in [-0.25, -0.2) is 0 Å². The number of hydrogen-bond donors (Lipinski definition) is 2. The maximum absolute atomic E-state index is 3.31. The summed E-state index contributed by atoms with van der Waals surface area (Å²) < 4.78 is 0. The second-order valence-electron chi connectivity index (χ2n) is 2.06. The summed E-state index contributed by atoms with van der Waals surface area (Å²) in [6.45, 7) is 1.20. The molecule has 0 saturated carbocycles. The Labute approximate surface area is 36.9 Å². The molecule has 0 aliphatic carbocycles. The minimum atomic E-state index is 0.690. The predicted octanol–water partition coefficient (Wildman–Crippen LogP) is -0.722. The van der Waals surface area contributed by atoms with Crippen LogP contribution < -0.4 is 10.6 Å². The van der Waals surface area contributed by atoms with Gasteiger partial charge >= 0.3 is 0 Å². The van der Waals surface area contributed by atoms with Gasteiger partial charge in [-0.2, -0.15) is 0 Å². The van der Waals surface area contributed by atoms with Crippen LogP contribution in [0, 0.1) is 0 Å². The zero-order valence-electron chi connectivity index (χ0n) is 3.57. The van der Waals surface area contributed by atoms with Crippen LogP contribution in [0.3, 0.4) is 0 Å². The van der Waals surface area contributed by atoms with Crippen molar-refractivity contribution in [2.75, 3.05) is 6.54 Å². The third kappa shape index (κ3) is 0.200. The summed E-state index contributed by atoms with van der Waals surface area (Å²) >= 11 is 0. The van der Waals surface area contributed by atoms with Gasteiger partial charge in [-0.3, -0.25) is 5.32 Å². The highest BCUT2D eigenvalue weighted by Gasteiger charge is 2.34. The summed E-state index contributed by atoms with van der Waals surface area (Å²) in [4.78, 5) is 0. The van der Waals surface area contributed by atoms with Crippen LogP contribution in [0.15, 0.2) is 0 Å². The first-order valence-electron chi connectivity index (χ1n) is 2.44. The van der Waals surface area contributed by atoms with Crippen LogP contribution in [0.25, 0.3) is 0 Å². The molecule has 3 saturated heterocycles. The van der Waals surface area contributed by atoms with Gasteiger partial charge in [0.25, 0.3) is 0 Å². The van der Waals surface area contributed by atoms with Gasteiger partial charge in [-0.1, -0.05) is 0 Å². The molecule has 3 rings (SSSR count). The third-order valence-corrected chi connectivity index (χ3v) is 1.57. The zero-order valence-corrected chi connectivity index (χ0v) is 3.57. The molecule has 2 heteroatoms. The van der Waals surface area contributed by atoms with Gasteiger partial charge in [-0.15, -0.1) is 0 Å². The lowest BCUT2D eigenvalue weighted by molar-refractivity contribution is 0.361. The van der Waals surface area contributed by atoms with Crippen LogP contribution in [-0.4, -0.2) is 18.8 Å². The molecule has 2 atom stereocenters. The lowest BCUT2D eigenvalue weighted by atomic mass is 10.1. The first-order valence-corrected chi connectivity index (χ1v) is 2.44. The lowest BCUT2D eigenvalue weighted by Crippen LogP contribution is -2.46. The normalized spacial score (nSPS) is 52.0. The van der Waals surface area contributed by atoms with Crippen LogP contribution in [0.2, 0.25) is 0 Å². The smallest absolute Gasteiger partial charge is 0.0590 e. The van der Waals surface area contributed by atoms with Gasteiger partial charge in [0.15, 0.2) is 0 Å². The third-order valence-electron chi connectivity index (χ3n) is 1.57. The van der Waals surface area contributed by atoms with E-state index in [4.69, 9.17) is 0 Å². The Morgan fingerprint density at radius 2 is 2.33 bits per heavy atom. The van der Waals surface area contributed by atoms with Crippen molar-refractivity contribution in [1.29, 1.82) is 0 Å². The molecule has 0 amide bonds. The monoisotopic (exact) mass is 84.1 g/mol. The SMILES string of the molecule is C1NC2CC1N2. The van der Waals surface area contributed by atoms with Crippen molar-refractivity contribution in [2.24, 2.45) is 0 Å². The molecule has 0 radical (unpaired) electrons. The molecule has 3 aliphatic heterocycles. The molecular weight excluding hydrogens is 76.1 g/mol. The maximum Gasteiger partial charge on any atom is 0.0590 e. The summed E-state index contributed by atoms with van der Waals surface area (Å²) in [5.74, 6) is 0. The van der Waals surface area contributed by atoms with Gasteiger partial charge in [0, 0.05) is 12.6 Å². The van der Waals surface area contributed by atoms with Crippen LogP contribution in [0.5, 0.6) is 0 Å². The van der Waals surface area contributed by atoms with E-state index in [1.807, 2.05) is 0 Å². The van der Waals surface area contributed by atoms with Crippen LogP contribution in [-0.2, 0) is 0 Å². The number of hydrogen-bond acceptors (Lipinski definition) is 2. The van der Waals surface area contributed by atoms with Crippen molar-refractivity contribution in [2.45, 2.75) is 18.6 Å². The minimum Gasteiger partial charge on any atom is -0.300 e.